The fraction of sp³-hybridized carbons (Fsp3) is 0.136. The van der Waals surface area contributed by atoms with E-state index in [1.165, 1.54) is 12.1 Å². The van der Waals surface area contributed by atoms with Gasteiger partial charge in [0, 0.05) is 11.8 Å². The summed E-state index contributed by atoms with van der Waals surface area (Å²) in [5, 5.41) is 9.04. The number of imidazole rings is 1. The highest BCUT2D eigenvalue weighted by molar-refractivity contribution is 5.75. The molecule has 2 heterocycles. The van der Waals surface area contributed by atoms with Crippen LogP contribution >= 0.6 is 0 Å². The second-order valence-corrected chi connectivity index (χ2v) is 6.36. The molecule has 4 rings (SSSR count). The number of hydrogen-bond acceptors (Lipinski definition) is 3. The number of azo groups is 1. The number of aryl methyl sites for hydroxylation is 2. The summed E-state index contributed by atoms with van der Waals surface area (Å²) in [7, 11) is 0. The van der Waals surface area contributed by atoms with Crippen LogP contribution in [-0.4, -0.2) is 9.38 Å². The summed E-state index contributed by atoms with van der Waals surface area (Å²) < 4.78 is 15.3. The molecule has 0 radical (unpaired) electrons. The Bertz CT molecular complexity index is 1130. The summed E-state index contributed by atoms with van der Waals surface area (Å²) in [6.45, 7) is 4.10. The highest BCUT2D eigenvalue weighted by Crippen LogP contribution is 2.33. The molecule has 0 unspecified atom stereocenters. The third-order valence-electron chi connectivity index (χ3n) is 4.56. The van der Waals surface area contributed by atoms with Crippen molar-refractivity contribution in [3.05, 3.63) is 83.8 Å². The standard InChI is InChI=1S/C22H19FN4/c1-3-16-8-4-5-9-19(16)25-26-22-20(17-10-12-18(23)13-11-17)24-21-15(2)7-6-14-27(21)22/h4-14H,3H2,1-2H3. The Hall–Kier alpha value is -3.34. The molecule has 0 spiro atoms. The van der Waals surface area contributed by atoms with E-state index in [2.05, 4.69) is 17.2 Å². The lowest BCUT2D eigenvalue weighted by atomic mass is 10.1. The van der Waals surface area contributed by atoms with Crippen molar-refractivity contribution >= 4 is 17.2 Å². The largest absolute Gasteiger partial charge is 0.282 e. The molecule has 0 aliphatic rings. The molecule has 4 nitrogen and oxygen atoms in total. The summed E-state index contributed by atoms with van der Waals surface area (Å²) in [5.41, 5.74) is 5.31. The molecule has 0 N–H and O–H groups in total. The average Bonchev–Trinajstić information content (AvgIpc) is 3.07. The second kappa shape index (κ2) is 7.11. The Morgan fingerprint density at radius 3 is 2.52 bits per heavy atom. The van der Waals surface area contributed by atoms with Gasteiger partial charge in [-0.05, 0) is 60.9 Å². The number of rotatable bonds is 4. The highest BCUT2D eigenvalue weighted by atomic mass is 19.1. The number of aromatic nitrogens is 2. The van der Waals surface area contributed by atoms with E-state index < -0.39 is 0 Å². The van der Waals surface area contributed by atoms with Crippen molar-refractivity contribution in [3.63, 3.8) is 0 Å². The summed E-state index contributed by atoms with van der Waals surface area (Å²) >= 11 is 0. The van der Waals surface area contributed by atoms with E-state index in [1.54, 1.807) is 12.1 Å². The molecule has 0 bridgehead atoms. The van der Waals surface area contributed by atoms with Gasteiger partial charge in [-0.2, -0.15) is 0 Å². The maximum atomic E-state index is 13.4. The molecule has 134 valence electrons. The van der Waals surface area contributed by atoms with Gasteiger partial charge in [0.2, 0.25) is 0 Å². The third-order valence-corrected chi connectivity index (χ3v) is 4.56. The van der Waals surface area contributed by atoms with Crippen molar-refractivity contribution in [2.75, 3.05) is 0 Å². The Kier molecular flexibility index (Phi) is 4.50. The second-order valence-electron chi connectivity index (χ2n) is 6.36. The maximum absolute atomic E-state index is 13.4. The van der Waals surface area contributed by atoms with E-state index in [9.17, 15) is 4.39 Å². The Balaban J connectivity index is 1.90. The van der Waals surface area contributed by atoms with Crippen molar-refractivity contribution in [2.24, 2.45) is 10.2 Å². The van der Waals surface area contributed by atoms with Crippen LogP contribution in [0.15, 0.2) is 77.1 Å². The van der Waals surface area contributed by atoms with Crippen LogP contribution in [0, 0.1) is 12.7 Å². The number of hydrogen-bond donors (Lipinski definition) is 0. The van der Waals surface area contributed by atoms with E-state index >= 15 is 0 Å². The van der Waals surface area contributed by atoms with Gasteiger partial charge in [0.1, 0.15) is 17.2 Å². The van der Waals surface area contributed by atoms with Crippen molar-refractivity contribution in [2.45, 2.75) is 20.3 Å². The van der Waals surface area contributed by atoms with Crippen molar-refractivity contribution in [1.29, 1.82) is 0 Å². The monoisotopic (exact) mass is 358 g/mol. The lowest BCUT2D eigenvalue weighted by molar-refractivity contribution is 0.628. The molecule has 0 aliphatic heterocycles. The molecule has 5 heteroatoms. The van der Waals surface area contributed by atoms with Gasteiger partial charge < -0.3 is 0 Å². The summed E-state index contributed by atoms with van der Waals surface area (Å²) in [5.74, 6) is 0.352. The van der Waals surface area contributed by atoms with Gasteiger partial charge in [0.15, 0.2) is 5.82 Å². The molecule has 0 amide bonds. The van der Waals surface area contributed by atoms with Crippen LogP contribution in [0.1, 0.15) is 18.1 Å². The number of halogens is 1. The summed E-state index contributed by atoms with van der Waals surface area (Å²) in [4.78, 5) is 4.75. The first-order valence-electron chi connectivity index (χ1n) is 8.90. The first-order valence-corrected chi connectivity index (χ1v) is 8.90. The highest BCUT2D eigenvalue weighted by Gasteiger charge is 2.15. The molecule has 27 heavy (non-hydrogen) atoms. The van der Waals surface area contributed by atoms with Gasteiger partial charge in [0.05, 0.1) is 5.69 Å². The molecular weight excluding hydrogens is 339 g/mol. The van der Waals surface area contributed by atoms with Crippen LogP contribution in [-0.2, 0) is 6.42 Å². The van der Waals surface area contributed by atoms with Gasteiger partial charge in [0.25, 0.3) is 0 Å². The van der Waals surface area contributed by atoms with E-state index in [0.717, 1.165) is 34.4 Å². The smallest absolute Gasteiger partial charge is 0.187 e. The van der Waals surface area contributed by atoms with Gasteiger partial charge in [-0.1, -0.05) is 31.2 Å². The fourth-order valence-electron chi connectivity index (χ4n) is 3.10. The van der Waals surface area contributed by atoms with E-state index in [0.29, 0.717) is 11.5 Å². The van der Waals surface area contributed by atoms with Crippen LogP contribution in [0.2, 0.25) is 0 Å². The Labute approximate surface area is 157 Å². The minimum Gasteiger partial charge on any atom is -0.282 e. The molecule has 0 saturated heterocycles. The Morgan fingerprint density at radius 1 is 0.963 bits per heavy atom. The number of nitrogens with zero attached hydrogens (tertiary/aromatic N) is 4. The molecular formula is C22H19FN4. The maximum Gasteiger partial charge on any atom is 0.187 e. The zero-order chi connectivity index (χ0) is 18.8. The lowest BCUT2D eigenvalue weighted by Gasteiger charge is -2.02. The molecule has 4 aromatic rings. The van der Waals surface area contributed by atoms with E-state index in [1.807, 2.05) is 53.9 Å². The third kappa shape index (κ3) is 3.24. The van der Waals surface area contributed by atoms with Crippen molar-refractivity contribution in [1.82, 2.24) is 9.38 Å². The fourth-order valence-corrected chi connectivity index (χ4v) is 3.10. The molecule has 0 atom stereocenters. The zero-order valence-electron chi connectivity index (χ0n) is 15.2. The van der Waals surface area contributed by atoms with Crippen molar-refractivity contribution < 1.29 is 4.39 Å². The predicted octanol–water partition coefficient (Wildman–Crippen LogP) is 6.43. The quantitative estimate of drug-likeness (QED) is 0.388. The lowest BCUT2D eigenvalue weighted by Crippen LogP contribution is -1.85. The number of pyridine rings is 1. The minimum atomic E-state index is -0.279. The zero-order valence-corrected chi connectivity index (χ0v) is 15.2. The van der Waals surface area contributed by atoms with E-state index in [-0.39, 0.29) is 5.82 Å². The van der Waals surface area contributed by atoms with Gasteiger partial charge in [-0.25, -0.2) is 9.37 Å². The van der Waals surface area contributed by atoms with Crippen LogP contribution < -0.4 is 0 Å². The predicted molar refractivity (Wildman–Crippen MR) is 105 cm³/mol. The topological polar surface area (TPSA) is 42.0 Å². The summed E-state index contributed by atoms with van der Waals surface area (Å²) in [6.07, 6.45) is 2.80. The summed E-state index contributed by atoms with van der Waals surface area (Å²) in [6, 6.07) is 18.2. The number of benzene rings is 2. The van der Waals surface area contributed by atoms with E-state index in [4.69, 9.17) is 4.98 Å². The van der Waals surface area contributed by atoms with Crippen LogP contribution in [0.4, 0.5) is 15.9 Å². The van der Waals surface area contributed by atoms with Gasteiger partial charge in [-0.3, -0.25) is 4.40 Å². The van der Waals surface area contributed by atoms with Crippen molar-refractivity contribution in [3.8, 4) is 11.3 Å². The molecule has 0 saturated carbocycles. The first kappa shape index (κ1) is 17.1. The number of fused-ring (bicyclic) bond motifs is 1. The molecule has 2 aromatic heterocycles. The minimum absolute atomic E-state index is 0.279. The first-order chi connectivity index (χ1) is 13.2. The van der Waals surface area contributed by atoms with Gasteiger partial charge >= 0.3 is 0 Å². The average molecular weight is 358 g/mol. The molecule has 0 aliphatic carbocycles. The Morgan fingerprint density at radius 2 is 1.74 bits per heavy atom. The molecule has 2 aromatic carbocycles. The van der Waals surface area contributed by atoms with Crippen LogP contribution in [0.25, 0.3) is 16.9 Å². The van der Waals surface area contributed by atoms with Crippen LogP contribution in [0.5, 0.6) is 0 Å². The van der Waals surface area contributed by atoms with Crippen LogP contribution in [0.3, 0.4) is 0 Å². The molecule has 0 fully saturated rings. The normalized spacial score (nSPS) is 11.5. The van der Waals surface area contributed by atoms with Gasteiger partial charge in [-0.15, -0.1) is 10.2 Å². The SMILES string of the molecule is CCc1ccccc1N=Nc1c(-c2ccc(F)cc2)nc2c(C)cccn12.